The minimum atomic E-state index is -0.223. The summed E-state index contributed by atoms with van der Waals surface area (Å²) < 4.78 is 5.00. The van der Waals surface area contributed by atoms with Crippen molar-refractivity contribution in [2.75, 3.05) is 20.8 Å². The Kier molecular flexibility index (Phi) is 6.20. The first-order valence-corrected chi connectivity index (χ1v) is 5.37. The van der Waals surface area contributed by atoms with Crippen molar-refractivity contribution in [3.8, 4) is 0 Å². The molecule has 2 unspecified atom stereocenters. The molecule has 0 aromatic heterocycles. The van der Waals surface area contributed by atoms with Crippen molar-refractivity contribution in [3.63, 3.8) is 0 Å². The standard InChI is InChI=1S/C10H21NO2S/c1-7(2)9(14)10(12)11(4)8(3)6-13-5/h7-9,14H,6H2,1-5H3. The Labute approximate surface area is 92.2 Å². The number of carbonyl (C=O) groups excluding carboxylic acids is 1. The maximum atomic E-state index is 11.8. The zero-order valence-electron chi connectivity index (χ0n) is 9.65. The number of thiol groups is 1. The van der Waals surface area contributed by atoms with Gasteiger partial charge in [0, 0.05) is 14.2 Å². The molecule has 0 aliphatic carbocycles. The molecule has 14 heavy (non-hydrogen) atoms. The molecular formula is C10H21NO2S. The van der Waals surface area contributed by atoms with Crippen LogP contribution in [-0.2, 0) is 9.53 Å². The molecule has 0 aromatic carbocycles. The lowest BCUT2D eigenvalue weighted by Gasteiger charge is -2.28. The fourth-order valence-corrected chi connectivity index (χ4v) is 1.25. The van der Waals surface area contributed by atoms with Gasteiger partial charge in [-0.3, -0.25) is 4.79 Å². The summed E-state index contributed by atoms with van der Waals surface area (Å²) in [6.07, 6.45) is 0. The third-order valence-corrected chi connectivity index (χ3v) is 3.12. The molecule has 0 rings (SSSR count). The summed E-state index contributed by atoms with van der Waals surface area (Å²) >= 11 is 4.29. The van der Waals surface area contributed by atoms with E-state index in [1.807, 2.05) is 20.8 Å². The summed E-state index contributed by atoms with van der Waals surface area (Å²) in [5.74, 6) is 0.316. The second kappa shape index (κ2) is 6.30. The van der Waals surface area contributed by atoms with Crippen molar-refractivity contribution < 1.29 is 9.53 Å². The van der Waals surface area contributed by atoms with Crippen molar-refractivity contribution in [3.05, 3.63) is 0 Å². The van der Waals surface area contributed by atoms with Gasteiger partial charge in [-0.15, -0.1) is 0 Å². The zero-order valence-corrected chi connectivity index (χ0v) is 10.5. The first kappa shape index (κ1) is 13.8. The second-order valence-electron chi connectivity index (χ2n) is 3.94. The van der Waals surface area contributed by atoms with Crippen LogP contribution in [0.2, 0.25) is 0 Å². The molecule has 0 aromatic rings. The number of carbonyl (C=O) groups is 1. The largest absolute Gasteiger partial charge is 0.383 e. The maximum Gasteiger partial charge on any atom is 0.235 e. The van der Waals surface area contributed by atoms with E-state index in [9.17, 15) is 4.79 Å². The molecule has 4 heteroatoms. The van der Waals surface area contributed by atoms with Crippen LogP contribution in [0.25, 0.3) is 0 Å². The normalized spacial score (nSPS) is 15.4. The average molecular weight is 219 g/mol. The second-order valence-corrected chi connectivity index (χ2v) is 4.50. The van der Waals surface area contributed by atoms with E-state index >= 15 is 0 Å². The highest BCUT2D eigenvalue weighted by Gasteiger charge is 2.24. The van der Waals surface area contributed by atoms with E-state index in [-0.39, 0.29) is 23.1 Å². The highest BCUT2D eigenvalue weighted by Crippen LogP contribution is 2.13. The molecule has 0 aliphatic heterocycles. The van der Waals surface area contributed by atoms with Gasteiger partial charge in [0.15, 0.2) is 0 Å². The number of methoxy groups -OCH3 is 1. The van der Waals surface area contributed by atoms with E-state index in [0.29, 0.717) is 6.61 Å². The molecule has 0 saturated carbocycles. The summed E-state index contributed by atoms with van der Waals surface area (Å²) in [5.41, 5.74) is 0. The predicted octanol–water partition coefficient (Wildman–Crippen LogP) is 1.43. The van der Waals surface area contributed by atoms with Gasteiger partial charge in [0.25, 0.3) is 0 Å². The fourth-order valence-electron chi connectivity index (χ4n) is 1.06. The van der Waals surface area contributed by atoms with Crippen LogP contribution in [0, 0.1) is 5.92 Å². The molecule has 1 amide bonds. The maximum absolute atomic E-state index is 11.8. The molecule has 84 valence electrons. The average Bonchev–Trinajstić information content (AvgIpc) is 2.14. The lowest BCUT2D eigenvalue weighted by atomic mass is 10.1. The van der Waals surface area contributed by atoms with Crippen LogP contribution in [-0.4, -0.2) is 42.9 Å². The van der Waals surface area contributed by atoms with Gasteiger partial charge >= 0.3 is 0 Å². The Morgan fingerprint density at radius 1 is 1.43 bits per heavy atom. The van der Waals surface area contributed by atoms with Gasteiger partial charge in [-0.25, -0.2) is 0 Å². The van der Waals surface area contributed by atoms with Crippen molar-refractivity contribution in [2.45, 2.75) is 32.1 Å². The van der Waals surface area contributed by atoms with E-state index < -0.39 is 0 Å². The number of nitrogens with zero attached hydrogens (tertiary/aromatic N) is 1. The SMILES string of the molecule is COCC(C)N(C)C(=O)C(S)C(C)C. The number of ether oxygens (including phenoxy) is 1. The smallest absolute Gasteiger partial charge is 0.235 e. The number of rotatable bonds is 5. The molecule has 0 spiro atoms. The number of hydrogen-bond donors (Lipinski definition) is 1. The molecule has 0 aliphatic rings. The van der Waals surface area contributed by atoms with Crippen LogP contribution in [0.15, 0.2) is 0 Å². The Morgan fingerprint density at radius 3 is 2.29 bits per heavy atom. The summed E-state index contributed by atoms with van der Waals surface area (Å²) in [6, 6.07) is 0.0981. The van der Waals surface area contributed by atoms with Crippen molar-refractivity contribution in [1.82, 2.24) is 4.90 Å². The minimum absolute atomic E-state index is 0.0629. The lowest BCUT2D eigenvalue weighted by molar-refractivity contribution is -0.132. The van der Waals surface area contributed by atoms with Crippen molar-refractivity contribution in [2.24, 2.45) is 5.92 Å². The highest BCUT2D eigenvalue weighted by atomic mass is 32.1. The first-order chi connectivity index (χ1) is 6.41. The van der Waals surface area contributed by atoms with E-state index in [4.69, 9.17) is 4.74 Å². The highest BCUT2D eigenvalue weighted by molar-refractivity contribution is 7.81. The van der Waals surface area contributed by atoms with Crippen molar-refractivity contribution in [1.29, 1.82) is 0 Å². The van der Waals surface area contributed by atoms with Gasteiger partial charge in [-0.2, -0.15) is 12.6 Å². The molecular weight excluding hydrogens is 198 g/mol. The van der Waals surface area contributed by atoms with Gasteiger partial charge in [-0.1, -0.05) is 13.8 Å². The van der Waals surface area contributed by atoms with Crippen LogP contribution in [0.1, 0.15) is 20.8 Å². The van der Waals surface area contributed by atoms with Gasteiger partial charge in [0.2, 0.25) is 5.91 Å². The van der Waals surface area contributed by atoms with Crippen molar-refractivity contribution >= 4 is 18.5 Å². The third kappa shape index (κ3) is 3.88. The van der Waals surface area contributed by atoms with Crippen LogP contribution < -0.4 is 0 Å². The predicted molar refractivity (Wildman–Crippen MR) is 61.7 cm³/mol. The molecule has 0 heterocycles. The first-order valence-electron chi connectivity index (χ1n) is 4.85. The molecule has 0 radical (unpaired) electrons. The molecule has 0 bridgehead atoms. The molecule has 3 nitrogen and oxygen atoms in total. The van der Waals surface area contributed by atoms with Gasteiger partial charge < -0.3 is 9.64 Å². The van der Waals surface area contributed by atoms with Gasteiger partial charge in [0.05, 0.1) is 17.9 Å². The third-order valence-electron chi connectivity index (χ3n) is 2.30. The Bertz CT molecular complexity index is 185. The van der Waals surface area contributed by atoms with E-state index in [2.05, 4.69) is 12.6 Å². The molecule has 0 saturated heterocycles. The topological polar surface area (TPSA) is 29.5 Å². The van der Waals surface area contributed by atoms with E-state index in [0.717, 1.165) is 0 Å². The van der Waals surface area contributed by atoms with Gasteiger partial charge in [-0.05, 0) is 12.8 Å². The summed E-state index contributed by atoms with van der Waals surface area (Å²) in [6.45, 7) is 6.50. The fraction of sp³-hybridized carbons (Fsp3) is 0.900. The van der Waals surface area contributed by atoms with E-state index in [1.54, 1.807) is 19.1 Å². The quantitative estimate of drug-likeness (QED) is 0.709. The van der Waals surface area contributed by atoms with E-state index in [1.165, 1.54) is 0 Å². The molecule has 0 fully saturated rings. The summed E-state index contributed by atoms with van der Waals surface area (Å²) in [5, 5.41) is -0.223. The van der Waals surface area contributed by atoms with Crippen LogP contribution in [0.3, 0.4) is 0 Å². The Hall–Kier alpha value is -0.220. The summed E-state index contributed by atoms with van der Waals surface area (Å²) in [7, 11) is 3.42. The summed E-state index contributed by atoms with van der Waals surface area (Å²) in [4.78, 5) is 13.5. The Morgan fingerprint density at radius 2 is 1.93 bits per heavy atom. The number of likely N-dealkylation sites (N-methyl/N-ethyl adjacent to an activating group) is 1. The molecule has 0 N–H and O–H groups in total. The Balaban J connectivity index is 4.23. The molecule has 2 atom stereocenters. The van der Waals surface area contributed by atoms with Gasteiger partial charge in [0.1, 0.15) is 0 Å². The van der Waals surface area contributed by atoms with Crippen LogP contribution >= 0.6 is 12.6 Å². The number of amides is 1. The lowest BCUT2D eigenvalue weighted by Crippen LogP contribution is -2.43. The number of hydrogen-bond acceptors (Lipinski definition) is 3. The minimum Gasteiger partial charge on any atom is -0.383 e. The van der Waals surface area contributed by atoms with Crippen LogP contribution in [0.5, 0.6) is 0 Å². The van der Waals surface area contributed by atoms with Crippen LogP contribution in [0.4, 0.5) is 0 Å². The monoisotopic (exact) mass is 219 g/mol. The zero-order chi connectivity index (χ0) is 11.3.